The molecular formula is C32H29FN2O3. The summed E-state index contributed by atoms with van der Waals surface area (Å²) in [5.74, 6) is -0.913. The van der Waals surface area contributed by atoms with E-state index >= 15 is 0 Å². The maximum Gasteiger partial charge on any atom is 0.410 e. The van der Waals surface area contributed by atoms with Crippen LogP contribution in [0.25, 0.3) is 11.1 Å². The molecular weight excluding hydrogens is 479 g/mol. The molecule has 1 aliphatic carbocycles. The van der Waals surface area contributed by atoms with Gasteiger partial charge in [-0.05, 0) is 72.1 Å². The van der Waals surface area contributed by atoms with Gasteiger partial charge in [0.1, 0.15) is 12.4 Å². The maximum absolute atomic E-state index is 14.0. The minimum Gasteiger partial charge on any atom is -0.448 e. The third-order valence-electron chi connectivity index (χ3n) is 8.50. The average molecular weight is 509 g/mol. The Morgan fingerprint density at radius 1 is 0.947 bits per heavy atom. The van der Waals surface area contributed by atoms with E-state index in [1.54, 1.807) is 0 Å². The van der Waals surface area contributed by atoms with Gasteiger partial charge in [0.05, 0.1) is 12.5 Å². The number of nitriles is 1. The second-order valence-corrected chi connectivity index (χ2v) is 10.6. The molecule has 3 aromatic rings. The number of hydrogen-bond acceptors (Lipinski definition) is 4. The highest BCUT2D eigenvalue weighted by atomic mass is 19.1. The smallest absolute Gasteiger partial charge is 0.410 e. The van der Waals surface area contributed by atoms with Crippen molar-refractivity contribution >= 4 is 11.9 Å². The van der Waals surface area contributed by atoms with Gasteiger partial charge >= 0.3 is 6.09 Å². The Labute approximate surface area is 221 Å². The Balaban J connectivity index is 1.17. The van der Waals surface area contributed by atoms with Crippen LogP contribution in [0, 0.1) is 23.1 Å². The first-order valence-corrected chi connectivity index (χ1v) is 13.4. The molecule has 0 radical (unpaired) electrons. The van der Waals surface area contributed by atoms with Crippen molar-refractivity contribution in [1.82, 2.24) is 4.90 Å². The molecule has 2 bridgehead atoms. The van der Waals surface area contributed by atoms with Gasteiger partial charge in [-0.1, -0.05) is 54.6 Å². The van der Waals surface area contributed by atoms with Gasteiger partial charge in [-0.2, -0.15) is 5.26 Å². The quantitative estimate of drug-likeness (QED) is 0.362. The van der Waals surface area contributed by atoms with Gasteiger partial charge in [-0.3, -0.25) is 4.79 Å². The number of nitrogens with zero attached hydrogens (tertiary/aromatic N) is 2. The lowest BCUT2D eigenvalue weighted by Crippen LogP contribution is -2.56. The van der Waals surface area contributed by atoms with E-state index in [0.29, 0.717) is 24.0 Å². The van der Waals surface area contributed by atoms with E-state index in [1.165, 1.54) is 40.5 Å². The molecule has 2 heterocycles. The summed E-state index contributed by atoms with van der Waals surface area (Å²) < 4.78 is 20.0. The monoisotopic (exact) mass is 508 g/mol. The van der Waals surface area contributed by atoms with Crippen molar-refractivity contribution in [2.24, 2.45) is 5.92 Å². The molecule has 38 heavy (non-hydrogen) atoms. The van der Waals surface area contributed by atoms with E-state index in [-0.39, 0.29) is 48.8 Å². The summed E-state index contributed by atoms with van der Waals surface area (Å²) in [7, 11) is 0. The lowest BCUT2D eigenvalue weighted by atomic mass is 9.75. The van der Waals surface area contributed by atoms with Crippen molar-refractivity contribution in [3.8, 4) is 17.2 Å². The molecule has 0 saturated carbocycles. The summed E-state index contributed by atoms with van der Waals surface area (Å²) in [6.07, 6.45) is 3.44. The van der Waals surface area contributed by atoms with Crippen LogP contribution < -0.4 is 0 Å². The van der Waals surface area contributed by atoms with Crippen molar-refractivity contribution < 1.29 is 18.7 Å². The Morgan fingerprint density at radius 2 is 1.58 bits per heavy atom. The molecule has 5 nitrogen and oxygen atoms in total. The van der Waals surface area contributed by atoms with E-state index in [9.17, 15) is 14.0 Å². The largest absolute Gasteiger partial charge is 0.448 e. The molecule has 6 heteroatoms. The van der Waals surface area contributed by atoms with Crippen LogP contribution in [0.5, 0.6) is 0 Å². The Hall–Kier alpha value is -3.98. The first kappa shape index (κ1) is 24.4. The summed E-state index contributed by atoms with van der Waals surface area (Å²) in [4.78, 5) is 28.8. The van der Waals surface area contributed by atoms with Crippen LogP contribution in [0.1, 0.15) is 65.1 Å². The van der Waals surface area contributed by atoms with Crippen molar-refractivity contribution in [2.45, 2.75) is 56.5 Å². The van der Waals surface area contributed by atoms with Crippen molar-refractivity contribution in [3.63, 3.8) is 0 Å². The second kappa shape index (κ2) is 10.1. The highest BCUT2D eigenvalue weighted by Crippen LogP contribution is 2.45. The Bertz CT molecular complexity index is 1390. The van der Waals surface area contributed by atoms with Crippen LogP contribution in [-0.4, -0.2) is 35.5 Å². The van der Waals surface area contributed by atoms with Gasteiger partial charge in [0.25, 0.3) is 0 Å². The maximum atomic E-state index is 14.0. The van der Waals surface area contributed by atoms with E-state index in [4.69, 9.17) is 10.00 Å². The molecule has 0 N–H and O–H groups in total. The lowest BCUT2D eigenvalue weighted by Gasteiger charge is -2.47. The molecule has 192 valence electrons. The van der Waals surface area contributed by atoms with E-state index in [2.05, 4.69) is 30.3 Å². The number of benzene rings is 3. The average Bonchev–Trinajstić information content (AvgIpc) is 3.25. The number of hydrogen-bond donors (Lipinski definition) is 0. The molecule has 2 unspecified atom stereocenters. The number of halogens is 1. The van der Waals surface area contributed by atoms with Gasteiger partial charge in [-0.25, -0.2) is 9.18 Å². The van der Waals surface area contributed by atoms with Crippen LogP contribution >= 0.6 is 0 Å². The fraction of sp³-hybridized carbons (Fsp3) is 0.344. The first-order valence-electron chi connectivity index (χ1n) is 13.4. The number of Topliss-reactive ketones (excluding diaryl/α,β-unsaturated/α-hetero) is 1. The molecule has 2 aliphatic heterocycles. The zero-order valence-corrected chi connectivity index (χ0v) is 21.1. The minimum atomic E-state index is -0.480. The highest BCUT2D eigenvalue weighted by molar-refractivity contribution is 5.99. The third kappa shape index (κ3) is 4.26. The molecule has 0 aromatic heterocycles. The van der Waals surface area contributed by atoms with Crippen molar-refractivity contribution in [3.05, 3.63) is 94.8 Å². The van der Waals surface area contributed by atoms with Crippen LogP contribution in [0.4, 0.5) is 9.18 Å². The standard InChI is InChI=1S/C32H29FN2O3/c33-22-13-12-20(14-15-34)29(18-22)31(36)21-16-23-6-5-7-24(17-21)35(23)32(37)38-19-30-27-10-3-1-8-25(27)26-9-2-4-11-28(26)30/h1-4,8-13,18,21,23-24,30H,5-7,14,16-17,19H2. The van der Waals surface area contributed by atoms with Gasteiger partial charge in [0.15, 0.2) is 5.78 Å². The fourth-order valence-corrected chi connectivity index (χ4v) is 6.80. The molecule has 6 rings (SSSR count). The third-order valence-corrected chi connectivity index (χ3v) is 8.50. The summed E-state index contributed by atoms with van der Waals surface area (Å²) in [6.45, 7) is 0.270. The SMILES string of the molecule is N#CCc1ccc(F)cc1C(=O)C1CC2CCCC(C1)N2C(=O)OCC1c2ccccc2-c2ccccc21. The number of piperidine rings is 2. The number of ketones is 1. The Morgan fingerprint density at radius 3 is 2.21 bits per heavy atom. The normalized spacial score (nSPS) is 21.8. The van der Waals surface area contributed by atoms with Gasteiger partial charge in [-0.15, -0.1) is 0 Å². The van der Waals surface area contributed by atoms with Crippen LogP contribution in [-0.2, 0) is 11.2 Å². The number of carbonyl (C=O) groups excluding carboxylic acids is 2. The number of fused-ring (bicyclic) bond motifs is 5. The van der Waals surface area contributed by atoms with Crippen molar-refractivity contribution in [2.75, 3.05) is 6.61 Å². The zero-order chi connectivity index (χ0) is 26.2. The molecule has 2 fully saturated rings. The Kier molecular flexibility index (Phi) is 6.45. The molecule has 3 aliphatic rings. The number of carbonyl (C=O) groups is 2. The summed E-state index contributed by atoms with van der Waals surface area (Å²) in [6, 6.07) is 22.5. The second-order valence-electron chi connectivity index (χ2n) is 10.6. The molecule has 1 amide bonds. The highest BCUT2D eigenvalue weighted by Gasteiger charge is 2.44. The number of ether oxygens (including phenoxy) is 1. The van der Waals surface area contributed by atoms with Crippen molar-refractivity contribution in [1.29, 1.82) is 5.26 Å². The van der Waals surface area contributed by atoms with Crippen LogP contribution in [0.2, 0.25) is 0 Å². The topological polar surface area (TPSA) is 70.4 Å². The first-order chi connectivity index (χ1) is 18.5. The number of amides is 1. The van der Waals surface area contributed by atoms with Gasteiger partial charge in [0.2, 0.25) is 0 Å². The predicted octanol–water partition coefficient (Wildman–Crippen LogP) is 6.66. The molecule has 3 aromatic carbocycles. The predicted molar refractivity (Wildman–Crippen MR) is 141 cm³/mol. The summed E-state index contributed by atoms with van der Waals surface area (Å²) in [5, 5.41) is 9.16. The van der Waals surface area contributed by atoms with E-state index in [1.807, 2.05) is 29.2 Å². The number of rotatable bonds is 5. The molecule has 2 saturated heterocycles. The summed E-state index contributed by atoms with van der Waals surface area (Å²) >= 11 is 0. The zero-order valence-electron chi connectivity index (χ0n) is 21.1. The molecule has 0 spiro atoms. The van der Waals surface area contributed by atoms with Crippen LogP contribution in [0.15, 0.2) is 66.7 Å². The lowest BCUT2D eigenvalue weighted by molar-refractivity contribution is 0.00648. The minimum absolute atomic E-state index is 0.00293. The molecule has 2 atom stereocenters. The van der Waals surface area contributed by atoms with Crippen LogP contribution in [0.3, 0.4) is 0 Å². The fourth-order valence-electron chi connectivity index (χ4n) is 6.80. The van der Waals surface area contributed by atoms with E-state index in [0.717, 1.165) is 19.3 Å². The van der Waals surface area contributed by atoms with E-state index < -0.39 is 5.82 Å². The summed E-state index contributed by atoms with van der Waals surface area (Å²) in [5.41, 5.74) is 5.58. The van der Waals surface area contributed by atoms with Gasteiger partial charge in [0, 0.05) is 29.5 Å². The van der Waals surface area contributed by atoms with Gasteiger partial charge < -0.3 is 9.64 Å².